The summed E-state index contributed by atoms with van der Waals surface area (Å²) in [5.41, 5.74) is 2.47. The third-order valence-corrected chi connectivity index (χ3v) is 5.56. The van der Waals surface area contributed by atoms with Crippen LogP contribution in [0.25, 0.3) is 6.08 Å². The molecule has 1 aliphatic rings. The molecule has 0 unspecified atom stereocenters. The predicted molar refractivity (Wildman–Crippen MR) is 138 cm³/mol. The summed E-state index contributed by atoms with van der Waals surface area (Å²) in [6, 6.07) is 30.7. The molecule has 6 heteroatoms. The zero-order valence-corrected chi connectivity index (χ0v) is 19.6. The summed E-state index contributed by atoms with van der Waals surface area (Å²) in [6.45, 7) is 2.41. The summed E-state index contributed by atoms with van der Waals surface area (Å²) in [7, 11) is 0. The lowest BCUT2D eigenvalue weighted by atomic mass is 10.1. The molecule has 36 heavy (non-hydrogen) atoms. The summed E-state index contributed by atoms with van der Waals surface area (Å²) < 4.78 is 17.2. The van der Waals surface area contributed by atoms with Crippen LogP contribution in [0.5, 0.6) is 17.2 Å². The van der Waals surface area contributed by atoms with Crippen LogP contribution >= 0.6 is 0 Å². The Balaban J connectivity index is 1.40. The smallest absolute Gasteiger partial charge is 0.424 e. The number of nitrogens with zero attached hydrogens (tertiary/aromatic N) is 1. The van der Waals surface area contributed by atoms with Crippen molar-refractivity contribution in [2.75, 3.05) is 11.5 Å². The Bertz CT molecular complexity index is 1390. The SMILES string of the molecule is CCOc1ccccc1C=C1Oc2cc(OC(=O)N(c3ccccc3)c3ccccc3)ccc2C1=O. The number of carbonyl (C=O) groups excluding carboxylic acids is 2. The summed E-state index contributed by atoms with van der Waals surface area (Å²) in [4.78, 5) is 27.7. The van der Waals surface area contributed by atoms with E-state index >= 15 is 0 Å². The Labute approximate surface area is 209 Å². The van der Waals surface area contributed by atoms with Gasteiger partial charge in [-0.05, 0) is 55.5 Å². The highest BCUT2D eigenvalue weighted by Crippen LogP contribution is 2.36. The highest BCUT2D eigenvalue weighted by molar-refractivity contribution is 6.14. The van der Waals surface area contributed by atoms with Crippen LogP contribution in [0.1, 0.15) is 22.8 Å². The van der Waals surface area contributed by atoms with Crippen LogP contribution < -0.4 is 19.1 Å². The molecule has 6 nitrogen and oxygen atoms in total. The average molecular weight is 478 g/mol. The molecular formula is C30H23NO5. The molecule has 4 aromatic carbocycles. The molecule has 1 amide bonds. The number of rotatable bonds is 6. The van der Waals surface area contributed by atoms with E-state index in [2.05, 4.69) is 0 Å². The topological polar surface area (TPSA) is 65.1 Å². The molecule has 0 saturated heterocycles. The van der Waals surface area contributed by atoms with E-state index in [0.29, 0.717) is 35.0 Å². The molecule has 0 fully saturated rings. The number of Topliss-reactive ketones (excluding diaryl/α,β-unsaturated/α-hetero) is 1. The third kappa shape index (κ3) is 4.70. The molecule has 0 saturated carbocycles. The molecule has 178 valence electrons. The number of carbonyl (C=O) groups is 2. The van der Waals surface area contributed by atoms with Crippen molar-refractivity contribution < 1.29 is 23.8 Å². The normalized spacial score (nSPS) is 13.1. The maximum absolute atomic E-state index is 13.3. The van der Waals surface area contributed by atoms with Gasteiger partial charge in [0.1, 0.15) is 17.2 Å². The number of ketones is 1. The van der Waals surface area contributed by atoms with E-state index in [1.807, 2.05) is 91.9 Å². The van der Waals surface area contributed by atoms with Crippen molar-refractivity contribution in [3.05, 3.63) is 120 Å². The van der Waals surface area contributed by atoms with E-state index in [1.165, 1.54) is 4.90 Å². The van der Waals surface area contributed by atoms with Crippen LogP contribution in [0.2, 0.25) is 0 Å². The first-order chi connectivity index (χ1) is 17.6. The summed E-state index contributed by atoms with van der Waals surface area (Å²) in [6.07, 6.45) is 1.07. The second kappa shape index (κ2) is 10.2. The first kappa shape index (κ1) is 22.9. The van der Waals surface area contributed by atoms with Crippen molar-refractivity contribution in [1.82, 2.24) is 0 Å². The molecule has 0 spiro atoms. The minimum Gasteiger partial charge on any atom is -0.493 e. The van der Waals surface area contributed by atoms with E-state index in [9.17, 15) is 9.59 Å². The molecule has 1 heterocycles. The lowest BCUT2D eigenvalue weighted by Gasteiger charge is -2.22. The molecule has 0 bridgehead atoms. The number of amides is 1. The number of anilines is 2. The van der Waals surface area contributed by atoms with Gasteiger partial charge in [0.15, 0.2) is 5.76 Å². The summed E-state index contributed by atoms with van der Waals surface area (Å²) >= 11 is 0. The molecule has 0 radical (unpaired) electrons. The van der Waals surface area contributed by atoms with Gasteiger partial charge in [0.2, 0.25) is 5.78 Å². The second-order valence-corrected chi connectivity index (χ2v) is 7.94. The van der Waals surface area contributed by atoms with Gasteiger partial charge in [-0.1, -0.05) is 54.6 Å². The monoisotopic (exact) mass is 477 g/mol. The molecular weight excluding hydrogens is 454 g/mol. The fourth-order valence-corrected chi connectivity index (χ4v) is 3.92. The van der Waals surface area contributed by atoms with Gasteiger partial charge >= 0.3 is 6.09 Å². The summed E-state index contributed by atoms with van der Waals surface area (Å²) in [5, 5.41) is 0. The Morgan fingerprint density at radius 3 is 2.17 bits per heavy atom. The zero-order chi connectivity index (χ0) is 24.9. The standard InChI is InChI=1S/C30H23NO5/c1-2-34-26-16-10-9-11-21(26)19-28-29(32)25-18-17-24(20-27(25)36-28)35-30(33)31(22-12-5-3-6-13-22)23-14-7-4-8-15-23/h3-20H,2H2,1H3. The molecule has 5 rings (SSSR count). The lowest BCUT2D eigenvalue weighted by Crippen LogP contribution is -2.29. The van der Waals surface area contributed by atoms with Gasteiger partial charge in [-0.15, -0.1) is 0 Å². The van der Waals surface area contributed by atoms with Crippen molar-refractivity contribution in [3.8, 4) is 17.2 Å². The number of fused-ring (bicyclic) bond motifs is 1. The minimum absolute atomic E-state index is 0.177. The molecule has 0 aliphatic carbocycles. The minimum atomic E-state index is -0.585. The van der Waals surface area contributed by atoms with Crippen LogP contribution in [-0.2, 0) is 0 Å². The van der Waals surface area contributed by atoms with Crippen LogP contribution in [0.4, 0.5) is 16.2 Å². The highest BCUT2D eigenvalue weighted by Gasteiger charge is 2.29. The first-order valence-corrected chi connectivity index (χ1v) is 11.6. The highest BCUT2D eigenvalue weighted by atomic mass is 16.6. The second-order valence-electron chi connectivity index (χ2n) is 7.94. The fourth-order valence-electron chi connectivity index (χ4n) is 3.92. The zero-order valence-electron chi connectivity index (χ0n) is 19.6. The van der Waals surface area contributed by atoms with Crippen LogP contribution in [0.15, 0.2) is 109 Å². The largest absolute Gasteiger partial charge is 0.493 e. The number of benzene rings is 4. The Kier molecular flexibility index (Phi) is 6.49. The van der Waals surface area contributed by atoms with Gasteiger partial charge < -0.3 is 14.2 Å². The Morgan fingerprint density at radius 1 is 0.861 bits per heavy atom. The maximum atomic E-state index is 13.3. The number of hydrogen-bond acceptors (Lipinski definition) is 5. The van der Waals surface area contributed by atoms with E-state index in [1.54, 1.807) is 24.3 Å². The van der Waals surface area contributed by atoms with Crippen molar-refractivity contribution in [3.63, 3.8) is 0 Å². The number of ether oxygens (including phenoxy) is 3. The quantitative estimate of drug-likeness (QED) is 0.279. The van der Waals surface area contributed by atoms with Gasteiger partial charge in [0, 0.05) is 11.6 Å². The maximum Gasteiger partial charge on any atom is 0.424 e. The number of hydrogen-bond donors (Lipinski definition) is 0. The molecule has 0 aromatic heterocycles. The van der Waals surface area contributed by atoms with Crippen molar-refractivity contribution >= 4 is 29.3 Å². The Hall–Kier alpha value is -4.84. The number of para-hydroxylation sites is 3. The average Bonchev–Trinajstić information content (AvgIpc) is 3.21. The molecule has 1 aliphatic heterocycles. The van der Waals surface area contributed by atoms with E-state index in [-0.39, 0.29) is 17.3 Å². The molecule has 0 N–H and O–H groups in total. The van der Waals surface area contributed by atoms with E-state index in [4.69, 9.17) is 14.2 Å². The van der Waals surface area contributed by atoms with E-state index < -0.39 is 6.09 Å². The Morgan fingerprint density at radius 2 is 1.50 bits per heavy atom. The van der Waals surface area contributed by atoms with Gasteiger partial charge in [0.25, 0.3) is 0 Å². The third-order valence-electron chi connectivity index (χ3n) is 5.56. The fraction of sp³-hybridized carbons (Fsp3) is 0.0667. The van der Waals surface area contributed by atoms with Crippen LogP contribution in [-0.4, -0.2) is 18.5 Å². The van der Waals surface area contributed by atoms with Crippen LogP contribution in [0.3, 0.4) is 0 Å². The lowest BCUT2D eigenvalue weighted by molar-refractivity contribution is 0.101. The van der Waals surface area contributed by atoms with Gasteiger partial charge in [0.05, 0.1) is 23.5 Å². The van der Waals surface area contributed by atoms with Crippen molar-refractivity contribution in [2.24, 2.45) is 0 Å². The van der Waals surface area contributed by atoms with Gasteiger partial charge in [-0.3, -0.25) is 4.79 Å². The molecule has 0 atom stereocenters. The summed E-state index contributed by atoms with van der Waals surface area (Å²) in [5.74, 6) is 1.19. The first-order valence-electron chi connectivity index (χ1n) is 11.6. The van der Waals surface area contributed by atoms with Gasteiger partial charge in [-0.25, -0.2) is 9.69 Å². The van der Waals surface area contributed by atoms with Crippen LogP contribution in [0, 0.1) is 0 Å². The van der Waals surface area contributed by atoms with Crippen molar-refractivity contribution in [1.29, 1.82) is 0 Å². The number of allylic oxidation sites excluding steroid dienone is 1. The van der Waals surface area contributed by atoms with E-state index in [0.717, 1.165) is 5.56 Å². The van der Waals surface area contributed by atoms with Crippen molar-refractivity contribution in [2.45, 2.75) is 6.92 Å². The molecule has 4 aromatic rings. The predicted octanol–water partition coefficient (Wildman–Crippen LogP) is 7.04. The van der Waals surface area contributed by atoms with Gasteiger partial charge in [-0.2, -0.15) is 0 Å².